The summed E-state index contributed by atoms with van der Waals surface area (Å²) in [5, 5.41) is 6.66. The third kappa shape index (κ3) is 3.49. The molecule has 0 saturated heterocycles. The summed E-state index contributed by atoms with van der Waals surface area (Å²) in [7, 11) is 1.92. The van der Waals surface area contributed by atoms with Crippen LogP contribution in [0.25, 0.3) is 0 Å². The smallest absolute Gasteiger partial charge is 0.130 e. The van der Waals surface area contributed by atoms with E-state index >= 15 is 0 Å². The van der Waals surface area contributed by atoms with Gasteiger partial charge in [-0.25, -0.2) is 4.98 Å². The lowest BCUT2D eigenvalue weighted by Gasteiger charge is -2.22. The molecule has 1 aromatic rings. The van der Waals surface area contributed by atoms with E-state index in [1.807, 2.05) is 14.0 Å². The van der Waals surface area contributed by atoms with Gasteiger partial charge >= 0.3 is 0 Å². The van der Waals surface area contributed by atoms with Crippen molar-refractivity contribution in [2.45, 2.75) is 46.7 Å². The quantitative estimate of drug-likeness (QED) is 0.824. The number of nitrogens with one attached hydrogen (secondary N) is 2. The first kappa shape index (κ1) is 13.0. The van der Waals surface area contributed by atoms with Gasteiger partial charge in [0.1, 0.15) is 5.82 Å². The maximum atomic E-state index is 4.50. The van der Waals surface area contributed by atoms with Gasteiger partial charge in [0.15, 0.2) is 0 Å². The van der Waals surface area contributed by atoms with Crippen LogP contribution in [0.5, 0.6) is 0 Å². The molecule has 16 heavy (non-hydrogen) atoms. The Morgan fingerprint density at radius 2 is 1.88 bits per heavy atom. The maximum absolute atomic E-state index is 4.50. The number of aryl methyl sites for hydroxylation is 2. The highest BCUT2D eigenvalue weighted by Crippen LogP contribution is 2.18. The van der Waals surface area contributed by atoms with Crippen LogP contribution in [0.3, 0.4) is 0 Å². The van der Waals surface area contributed by atoms with Crippen molar-refractivity contribution in [3.63, 3.8) is 0 Å². The van der Waals surface area contributed by atoms with Crippen LogP contribution in [0.15, 0.2) is 6.07 Å². The minimum absolute atomic E-state index is 0.127. The molecule has 0 unspecified atom stereocenters. The van der Waals surface area contributed by atoms with Gasteiger partial charge in [0.05, 0.1) is 0 Å². The summed E-state index contributed by atoms with van der Waals surface area (Å²) in [6.45, 7) is 11.5. The third-order valence-corrected chi connectivity index (χ3v) is 2.51. The second-order valence-electron chi connectivity index (χ2n) is 5.26. The van der Waals surface area contributed by atoms with Gasteiger partial charge in [0.2, 0.25) is 0 Å². The van der Waals surface area contributed by atoms with Crippen LogP contribution in [-0.2, 0) is 6.54 Å². The minimum Gasteiger partial charge on any atom is -0.373 e. The summed E-state index contributed by atoms with van der Waals surface area (Å²) < 4.78 is 0. The zero-order chi connectivity index (χ0) is 12.3. The Hall–Kier alpha value is -1.09. The normalized spacial score (nSPS) is 11.6. The third-order valence-electron chi connectivity index (χ3n) is 2.51. The lowest BCUT2D eigenvalue weighted by molar-refractivity contribution is 0.424. The van der Waals surface area contributed by atoms with Crippen molar-refractivity contribution < 1.29 is 0 Å². The molecule has 0 saturated carbocycles. The SMILES string of the molecule is CNc1nc(C)cc(C)c1CNC(C)(C)C. The van der Waals surface area contributed by atoms with Crippen LogP contribution in [0, 0.1) is 13.8 Å². The lowest BCUT2D eigenvalue weighted by atomic mass is 10.1. The highest BCUT2D eigenvalue weighted by atomic mass is 15.0. The van der Waals surface area contributed by atoms with E-state index in [0.717, 1.165) is 18.1 Å². The first-order valence-corrected chi connectivity index (χ1v) is 5.73. The molecule has 1 heterocycles. The van der Waals surface area contributed by atoms with Crippen molar-refractivity contribution in [2.24, 2.45) is 0 Å². The fourth-order valence-corrected chi connectivity index (χ4v) is 1.65. The van der Waals surface area contributed by atoms with E-state index in [9.17, 15) is 0 Å². The van der Waals surface area contributed by atoms with E-state index in [4.69, 9.17) is 0 Å². The van der Waals surface area contributed by atoms with Gasteiger partial charge in [0.25, 0.3) is 0 Å². The van der Waals surface area contributed by atoms with Crippen LogP contribution in [0.2, 0.25) is 0 Å². The average molecular weight is 221 g/mol. The Kier molecular flexibility index (Phi) is 3.92. The van der Waals surface area contributed by atoms with Crippen LogP contribution in [-0.4, -0.2) is 17.6 Å². The summed E-state index contributed by atoms with van der Waals surface area (Å²) in [5.74, 6) is 0.981. The molecule has 0 aliphatic heterocycles. The molecule has 3 heteroatoms. The predicted octanol–water partition coefficient (Wildman–Crippen LogP) is 2.63. The minimum atomic E-state index is 0.127. The first-order chi connectivity index (χ1) is 7.33. The molecule has 0 amide bonds. The van der Waals surface area contributed by atoms with E-state index in [0.29, 0.717) is 0 Å². The topological polar surface area (TPSA) is 37.0 Å². The molecule has 2 N–H and O–H groups in total. The van der Waals surface area contributed by atoms with Gasteiger partial charge in [-0.15, -0.1) is 0 Å². The fourth-order valence-electron chi connectivity index (χ4n) is 1.65. The van der Waals surface area contributed by atoms with Crippen molar-refractivity contribution in [3.05, 3.63) is 22.9 Å². The molecule has 1 rings (SSSR count). The van der Waals surface area contributed by atoms with E-state index in [1.165, 1.54) is 11.1 Å². The van der Waals surface area contributed by atoms with Gasteiger partial charge in [-0.2, -0.15) is 0 Å². The van der Waals surface area contributed by atoms with Gasteiger partial charge < -0.3 is 10.6 Å². The fraction of sp³-hybridized carbons (Fsp3) is 0.615. The molecule has 0 radical (unpaired) electrons. The molecule has 0 spiro atoms. The summed E-state index contributed by atoms with van der Waals surface area (Å²) >= 11 is 0. The molecule has 3 nitrogen and oxygen atoms in total. The van der Waals surface area contributed by atoms with Gasteiger partial charge in [-0.05, 0) is 46.2 Å². The molecule has 90 valence electrons. The summed E-state index contributed by atoms with van der Waals surface area (Å²) in [6, 6.07) is 2.13. The van der Waals surface area contributed by atoms with Gasteiger partial charge in [-0.3, -0.25) is 0 Å². The van der Waals surface area contributed by atoms with Crippen molar-refractivity contribution in [1.29, 1.82) is 0 Å². The van der Waals surface area contributed by atoms with Crippen molar-refractivity contribution >= 4 is 5.82 Å². The molecule has 0 aliphatic carbocycles. The van der Waals surface area contributed by atoms with Gasteiger partial charge in [-0.1, -0.05) is 0 Å². The molecular weight excluding hydrogens is 198 g/mol. The molecule has 0 fully saturated rings. The number of hydrogen-bond donors (Lipinski definition) is 2. The molecule has 0 aliphatic rings. The van der Waals surface area contributed by atoms with E-state index in [2.05, 4.69) is 49.4 Å². The van der Waals surface area contributed by atoms with E-state index in [1.54, 1.807) is 0 Å². The Morgan fingerprint density at radius 1 is 1.25 bits per heavy atom. The second-order valence-corrected chi connectivity index (χ2v) is 5.26. The molecule has 0 bridgehead atoms. The average Bonchev–Trinajstić information content (AvgIpc) is 2.13. The summed E-state index contributed by atoms with van der Waals surface area (Å²) in [6.07, 6.45) is 0. The zero-order valence-corrected chi connectivity index (χ0v) is 11.2. The Balaban J connectivity index is 2.94. The first-order valence-electron chi connectivity index (χ1n) is 5.73. The zero-order valence-electron chi connectivity index (χ0n) is 11.2. The number of rotatable bonds is 3. The van der Waals surface area contributed by atoms with Crippen LogP contribution < -0.4 is 10.6 Å². The van der Waals surface area contributed by atoms with Crippen LogP contribution >= 0.6 is 0 Å². The number of nitrogens with zero attached hydrogens (tertiary/aromatic N) is 1. The Bertz CT molecular complexity index is 364. The molecule has 0 atom stereocenters. The molecular formula is C13H23N3. The molecule has 0 aromatic carbocycles. The summed E-state index contributed by atoms with van der Waals surface area (Å²) in [5.41, 5.74) is 3.72. The predicted molar refractivity (Wildman–Crippen MR) is 69.9 cm³/mol. The van der Waals surface area contributed by atoms with E-state index in [-0.39, 0.29) is 5.54 Å². The Morgan fingerprint density at radius 3 is 2.38 bits per heavy atom. The Labute approximate surface area is 98.7 Å². The number of aromatic nitrogens is 1. The highest BCUT2D eigenvalue weighted by molar-refractivity contribution is 5.48. The van der Waals surface area contributed by atoms with Crippen molar-refractivity contribution in [1.82, 2.24) is 10.3 Å². The highest BCUT2D eigenvalue weighted by Gasteiger charge is 2.12. The van der Waals surface area contributed by atoms with Crippen molar-refractivity contribution in [2.75, 3.05) is 12.4 Å². The van der Waals surface area contributed by atoms with Crippen molar-refractivity contribution in [3.8, 4) is 0 Å². The van der Waals surface area contributed by atoms with Crippen LogP contribution in [0.1, 0.15) is 37.6 Å². The maximum Gasteiger partial charge on any atom is 0.130 e. The monoisotopic (exact) mass is 221 g/mol. The largest absolute Gasteiger partial charge is 0.373 e. The number of anilines is 1. The molecule has 1 aromatic heterocycles. The second kappa shape index (κ2) is 4.83. The number of hydrogen-bond acceptors (Lipinski definition) is 3. The lowest BCUT2D eigenvalue weighted by Crippen LogP contribution is -2.35. The number of pyridine rings is 1. The van der Waals surface area contributed by atoms with Crippen LogP contribution in [0.4, 0.5) is 5.82 Å². The van der Waals surface area contributed by atoms with E-state index < -0.39 is 0 Å². The van der Waals surface area contributed by atoms with Gasteiger partial charge in [0, 0.05) is 30.4 Å². The standard InChI is InChI=1S/C13H23N3/c1-9-7-10(2)16-12(14-6)11(9)8-15-13(3,4)5/h7,15H,8H2,1-6H3,(H,14,16). The summed E-state index contributed by atoms with van der Waals surface area (Å²) in [4.78, 5) is 4.50.